The van der Waals surface area contributed by atoms with Gasteiger partial charge in [0.1, 0.15) is 11.5 Å². The number of hydrogen-bond acceptors (Lipinski definition) is 5. The Morgan fingerprint density at radius 3 is 2.38 bits per heavy atom. The van der Waals surface area contributed by atoms with Gasteiger partial charge in [-0.1, -0.05) is 6.07 Å². The van der Waals surface area contributed by atoms with Gasteiger partial charge in [-0.05, 0) is 12.1 Å². The Kier molecular flexibility index (Phi) is 4.40. The highest BCUT2D eigenvalue weighted by atomic mass is 35.7. The summed E-state index contributed by atoms with van der Waals surface area (Å²) in [6.07, 6.45) is 0. The van der Waals surface area contributed by atoms with Gasteiger partial charge in [-0.25, -0.2) is 8.42 Å². The van der Waals surface area contributed by atoms with Crippen LogP contribution in [0.15, 0.2) is 23.1 Å². The van der Waals surface area contributed by atoms with Gasteiger partial charge in [-0.15, -0.1) is 0 Å². The molecule has 0 spiro atoms. The van der Waals surface area contributed by atoms with E-state index in [-0.39, 0.29) is 23.2 Å². The van der Waals surface area contributed by atoms with Crippen molar-refractivity contribution in [3.8, 4) is 11.5 Å². The fraction of sp³-hybridized carbons (Fsp3) is 0.333. The standard InChI is InChI=1S/C9H11ClO5S/c1-13-6-15-8-5-3-4-7(14-2)9(8)16(10,11)12/h3-5H,6H2,1-2H3. The second kappa shape index (κ2) is 5.38. The Bertz CT molecular complexity index is 457. The molecular weight excluding hydrogens is 256 g/mol. The fourth-order valence-corrected chi connectivity index (χ4v) is 2.35. The van der Waals surface area contributed by atoms with E-state index in [1.54, 1.807) is 6.07 Å². The molecule has 0 amide bonds. The highest BCUT2D eigenvalue weighted by Crippen LogP contribution is 2.35. The summed E-state index contributed by atoms with van der Waals surface area (Å²) in [5, 5.41) is 0. The van der Waals surface area contributed by atoms with Gasteiger partial charge in [0.25, 0.3) is 9.05 Å². The van der Waals surface area contributed by atoms with Crippen LogP contribution in [0.3, 0.4) is 0 Å². The molecule has 0 aliphatic carbocycles. The van der Waals surface area contributed by atoms with Crippen molar-refractivity contribution in [2.24, 2.45) is 0 Å². The number of halogens is 1. The van der Waals surface area contributed by atoms with E-state index in [0.29, 0.717) is 0 Å². The lowest BCUT2D eigenvalue weighted by Gasteiger charge is -2.11. The van der Waals surface area contributed by atoms with Crippen LogP contribution in [0.1, 0.15) is 0 Å². The van der Waals surface area contributed by atoms with Crippen LogP contribution in [-0.4, -0.2) is 29.4 Å². The van der Waals surface area contributed by atoms with Gasteiger partial charge in [0, 0.05) is 17.8 Å². The molecule has 90 valence electrons. The molecule has 16 heavy (non-hydrogen) atoms. The van der Waals surface area contributed by atoms with E-state index in [1.807, 2.05) is 0 Å². The second-order valence-corrected chi connectivity index (χ2v) is 5.28. The Balaban J connectivity index is 3.27. The van der Waals surface area contributed by atoms with Crippen LogP contribution in [0.4, 0.5) is 0 Å². The maximum absolute atomic E-state index is 11.4. The summed E-state index contributed by atoms with van der Waals surface area (Å²) in [5.41, 5.74) is 0. The number of benzene rings is 1. The van der Waals surface area contributed by atoms with Gasteiger partial charge in [-0.2, -0.15) is 0 Å². The summed E-state index contributed by atoms with van der Waals surface area (Å²) in [6, 6.07) is 4.54. The zero-order valence-corrected chi connectivity index (χ0v) is 10.3. The molecule has 1 aromatic rings. The third-order valence-corrected chi connectivity index (χ3v) is 3.09. The minimum Gasteiger partial charge on any atom is -0.495 e. The van der Waals surface area contributed by atoms with Gasteiger partial charge in [0.2, 0.25) is 0 Å². The summed E-state index contributed by atoms with van der Waals surface area (Å²) in [7, 11) is 4.13. The smallest absolute Gasteiger partial charge is 0.268 e. The Morgan fingerprint density at radius 1 is 1.25 bits per heavy atom. The highest BCUT2D eigenvalue weighted by Gasteiger charge is 2.22. The first-order valence-corrected chi connectivity index (χ1v) is 6.55. The van der Waals surface area contributed by atoms with E-state index < -0.39 is 9.05 Å². The maximum atomic E-state index is 11.4. The molecule has 1 rings (SSSR count). The van der Waals surface area contributed by atoms with Crippen LogP contribution in [0, 0.1) is 0 Å². The molecule has 0 bridgehead atoms. The predicted molar refractivity (Wildman–Crippen MR) is 58.5 cm³/mol. The molecule has 0 saturated heterocycles. The van der Waals surface area contributed by atoms with Crippen LogP contribution < -0.4 is 9.47 Å². The van der Waals surface area contributed by atoms with Gasteiger partial charge in [-0.3, -0.25) is 0 Å². The first-order chi connectivity index (χ1) is 7.50. The number of methoxy groups -OCH3 is 2. The van der Waals surface area contributed by atoms with Crippen molar-refractivity contribution in [3.63, 3.8) is 0 Å². The largest absolute Gasteiger partial charge is 0.495 e. The van der Waals surface area contributed by atoms with Crippen molar-refractivity contribution in [2.45, 2.75) is 4.90 Å². The fourth-order valence-electron chi connectivity index (χ4n) is 1.13. The monoisotopic (exact) mass is 266 g/mol. The van der Waals surface area contributed by atoms with Crippen molar-refractivity contribution in [3.05, 3.63) is 18.2 Å². The van der Waals surface area contributed by atoms with Crippen LogP contribution in [0.2, 0.25) is 0 Å². The third-order valence-electron chi connectivity index (χ3n) is 1.74. The molecule has 0 fully saturated rings. The Morgan fingerprint density at radius 2 is 1.88 bits per heavy atom. The van der Waals surface area contributed by atoms with Crippen molar-refractivity contribution in [1.82, 2.24) is 0 Å². The normalized spacial score (nSPS) is 11.2. The van der Waals surface area contributed by atoms with Crippen molar-refractivity contribution < 1.29 is 22.6 Å². The summed E-state index contributed by atoms with van der Waals surface area (Å²) >= 11 is 0. The number of rotatable bonds is 5. The van der Waals surface area contributed by atoms with Crippen LogP contribution in [-0.2, 0) is 13.8 Å². The topological polar surface area (TPSA) is 61.8 Å². The zero-order chi connectivity index (χ0) is 12.2. The first-order valence-electron chi connectivity index (χ1n) is 4.24. The number of ether oxygens (including phenoxy) is 3. The van der Waals surface area contributed by atoms with Gasteiger partial charge < -0.3 is 14.2 Å². The van der Waals surface area contributed by atoms with E-state index in [1.165, 1.54) is 26.4 Å². The van der Waals surface area contributed by atoms with Gasteiger partial charge in [0.05, 0.1) is 7.11 Å². The molecule has 0 unspecified atom stereocenters. The molecule has 0 aromatic heterocycles. The number of hydrogen-bond donors (Lipinski definition) is 0. The van der Waals surface area contributed by atoms with Crippen LogP contribution in [0.5, 0.6) is 11.5 Å². The summed E-state index contributed by atoms with van der Waals surface area (Å²) in [5.74, 6) is 0.222. The molecule has 5 nitrogen and oxygen atoms in total. The molecular formula is C9H11ClO5S. The lowest BCUT2D eigenvalue weighted by molar-refractivity contribution is 0.0488. The lowest BCUT2D eigenvalue weighted by atomic mass is 10.3. The average Bonchev–Trinajstić information content (AvgIpc) is 2.24. The summed E-state index contributed by atoms with van der Waals surface area (Å²) in [4.78, 5) is -0.198. The molecule has 0 aliphatic rings. The quantitative estimate of drug-likeness (QED) is 0.598. The van der Waals surface area contributed by atoms with E-state index >= 15 is 0 Å². The van der Waals surface area contributed by atoms with Crippen LogP contribution >= 0.6 is 10.7 Å². The minimum absolute atomic E-state index is 0.0768. The van der Waals surface area contributed by atoms with Gasteiger partial charge in [0.15, 0.2) is 11.7 Å². The lowest BCUT2D eigenvalue weighted by Crippen LogP contribution is -2.04. The molecule has 0 atom stereocenters. The van der Waals surface area contributed by atoms with Crippen molar-refractivity contribution in [2.75, 3.05) is 21.0 Å². The molecule has 7 heteroatoms. The molecule has 0 radical (unpaired) electrons. The molecule has 0 N–H and O–H groups in total. The van der Waals surface area contributed by atoms with Crippen LogP contribution in [0.25, 0.3) is 0 Å². The van der Waals surface area contributed by atoms with E-state index in [9.17, 15) is 8.42 Å². The maximum Gasteiger partial charge on any atom is 0.268 e. The minimum atomic E-state index is -3.94. The zero-order valence-electron chi connectivity index (χ0n) is 8.77. The third kappa shape index (κ3) is 3.01. The van der Waals surface area contributed by atoms with Gasteiger partial charge >= 0.3 is 0 Å². The molecule has 0 heterocycles. The summed E-state index contributed by atoms with van der Waals surface area (Å²) in [6.45, 7) is -0.0768. The highest BCUT2D eigenvalue weighted by molar-refractivity contribution is 8.13. The SMILES string of the molecule is COCOc1cccc(OC)c1S(=O)(=O)Cl. The van der Waals surface area contributed by atoms with E-state index in [2.05, 4.69) is 4.74 Å². The summed E-state index contributed by atoms with van der Waals surface area (Å²) < 4.78 is 37.4. The van der Waals surface area contributed by atoms with Crippen molar-refractivity contribution in [1.29, 1.82) is 0 Å². The molecule has 1 aromatic carbocycles. The molecule has 0 saturated carbocycles. The van der Waals surface area contributed by atoms with Crippen molar-refractivity contribution >= 4 is 19.7 Å². The molecule has 0 aliphatic heterocycles. The van der Waals surface area contributed by atoms with E-state index in [0.717, 1.165) is 0 Å². The first kappa shape index (κ1) is 13.1. The second-order valence-electron chi connectivity index (χ2n) is 2.78. The predicted octanol–water partition coefficient (Wildman–Crippen LogP) is 1.61. The van der Waals surface area contributed by atoms with E-state index in [4.69, 9.17) is 20.2 Å². The Labute approximate surface area is 98.3 Å². The Hall–Kier alpha value is -0.980. The average molecular weight is 267 g/mol.